The predicted molar refractivity (Wildman–Crippen MR) is 88.6 cm³/mol. The van der Waals surface area contributed by atoms with Crippen LogP contribution in [0.5, 0.6) is 5.75 Å². The molecule has 1 aromatic heterocycles. The number of benzene rings is 2. The summed E-state index contributed by atoms with van der Waals surface area (Å²) in [5, 5.41) is 17.8. The average Bonchev–Trinajstić information content (AvgIpc) is 3.09. The van der Waals surface area contributed by atoms with Gasteiger partial charge >= 0.3 is 0 Å². The second-order valence-electron chi connectivity index (χ2n) is 4.78. The van der Waals surface area contributed by atoms with E-state index in [0.29, 0.717) is 5.56 Å². The molecule has 0 unspecified atom stereocenters. The van der Waals surface area contributed by atoms with Gasteiger partial charge in [-0.25, -0.2) is 0 Å². The average molecular weight is 322 g/mol. The number of aromatic nitrogens is 3. The first-order valence-corrected chi connectivity index (χ1v) is 7.95. The summed E-state index contributed by atoms with van der Waals surface area (Å²) in [6.07, 6.45) is 1.70. The van der Waals surface area contributed by atoms with Crippen LogP contribution in [0.15, 0.2) is 60.0 Å². The lowest BCUT2D eigenvalue weighted by Crippen LogP contribution is -1.95. The summed E-state index contributed by atoms with van der Waals surface area (Å²) in [5.41, 5.74) is 2.79. The van der Waals surface area contributed by atoms with Crippen molar-refractivity contribution in [2.45, 2.75) is 10.9 Å². The number of hydrogen-bond donors (Lipinski definition) is 0. The molecule has 1 heterocycles. The Bertz CT molecular complexity index is 819. The van der Waals surface area contributed by atoms with Crippen LogP contribution in [0.1, 0.15) is 11.1 Å². The largest absolute Gasteiger partial charge is 0.497 e. The van der Waals surface area contributed by atoms with E-state index in [2.05, 4.69) is 16.3 Å². The lowest BCUT2D eigenvalue weighted by atomic mass is 10.2. The Balaban J connectivity index is 1.73. The van der Waals surface area contributed by atoms with E-state index < -0.39 is 0 Å². The van der Waals surface area contributed by atoms with Crippen molar-refractivity contribution < 1.29 is 4.74 Å². The van der Waals surface area contributed by atoms with Crippen LogP contribution in [-0.2, 0) is 5.75 Å². The van der Waals surface area contributed by atoms with Gasteiger partial charge in [-0.2, -0.15) is 5.26 Å². The van der Waals surface area contributed by atoms with E-state index in [0.717, 1.165) is 27.9 Å². The molecule has 0 saturated carbocycles. The van der Waals surface area contributed by atoms with Gasteiger partial charge in [0.15, 0.2) is 5.16 Å². The molecule has 3 rings (SSSR count). The Morgan fingerprint density at radius 1 is 1.13 bits per heavy atom. The summed E-state index contributed by atoms with van der Waals surface area (Å²) in [6, 6.07) is 17.4. The molecule has 0 fully saturated rings. The van der Waals surface area contributed by atoms with Gasteiger partial charge in [0.1, 0.15) is 12.1 Å². The van der Waals surface area contributed by atoms with E-state index in [1.807, 2.05) is 53.1 Å². The highest BCUT2D eigenvalue weighted by Gasteiger charge is 2.08. The first-order chi connectivity index (χ1) is 11.3. The quantitative estimate of drug-likeness (QED) is 0.673. The molecule has 2 aromatic carbocycles. The molecule has 6 heteroatoms. The third-order valence-corrected chi connectivity index (χ3v) is 4.33. The van der Waals surface area contributed by atoms with Gasteiger partial charge in [0.25, 0.3) is 0 Å². The van der Waals surface area contributed by atoms with Crippen molar-refractivity contribution in [3.05, 3.63) is 66.0 Å². The number of methoxy groups -OCH3 is 1. The second kappa shape index (κ2) is 6.99. The molecule has 114 valence electrons. The summed E-state index contributed by atoms with van der Waals surface area (Å²) in [6.45, 7) is 0. The van der Waals surface area contributed by atoms with E-state index in [1.54, 1.807) is 25.2 Å². The first kappa shape index (κ1) is 15.1. The summed E-state index contributed by atoms with van der Waals surface area (Å²) < 4.78 is 7.11. The van der Waals surface area contributed by atoms with Gasteiger partial charge in [0.05, 0.1) is 18.7 Å². The van der Waals surface area contributed by atoms with E-state index in [-0.39, 0.29) is 0 Å². The maximum absolute atomic E-state index is 8.82. The summed E-state index contributed by atoms with van der Waals surface area (Å²) in [5.74, 6) is 1.58. The fraction of sp³-hybridized carbons (Fsp3) is 0.118. The standard InChI is InChI=1S/C17H14N4OS/c1-22-16-8-6-15(7-9-16)21-12-19-20-17(21)23-11-14-4-2-13(10-18)3-5-14/h2-9,12H,11H2,1H3. The number of ether oxygens (including phenoxy) is 1. The minimum Gasteiger partial charge on any atom is -0.497 e. The Morgan fingerprint density at radius 3 is 2.52 bits per heavy atom. The van der Waals surface area contributed by atoms with E-state index >= 15 is 0 Å². The number of hydrogen-bond acceptors (Lipinski definition) is 5. The fourth-order valence-electron chi connectivity index (χ4n) is 2.07. The highest BCUT2D eigenvalue weighted by Crippen LogP contribution is 2.24. The van der Waals surface area contributed by atoms with Crippen LogP contribution in [0.4, 0.5) is 0 Å². The molecular weight excluding hydrogens is 308 g/mol. The van der Waals surface area contributed by atoms with Crippen molar-refractivity contribution >= 4 is 11.8 Å². The SMILES string of the molecule is COc1ccc(-n2cnnc2SCc2ccc(C#N)cc2)cc1. The molecule has 0 N–H and O–H groups in total. The Kier molecular flexibility index (Phi) is 4.60. The van der Waals surface area contributed by atoms with Crippen LogP contribution < -0.4 is 4.74 Å². The van der Waals surface area contributed by atoms with Crippen molar-refractivity contribution in [2.75, 3.05) is 7.11 Å². The highest BCUT2D eigenvalue weighted by molar-refractivity contribution is 7.98. The second-order valence-corrected chi connectivity index (χ2v) is 5.72. The fourth-order valence-corrected chi connectivity index (χ4v) is 2.95. The van der Waals surface area contributed by atoms with Crippen LogP contribution in [-0.4, -0.2) is 21.9 Å². The zero-order chi connectivity index (χ0) is 16.1. The van der Waals surface area contributed by atoms with Crippen molar-refractivity contribution in [1.82, 2.24) is 14.8 Å². The minimum absolute atomic E-state index is 0.667. The van der Waals surface area contributed by atoms with Gasteiger partial charge in [-0.15, -0.1) is 10.2 Å². The minimum atomic E-state index is 0.667. The first-order valence-electron chi connectivity index (χ1n) is 6.96. The number of thioether (sulfide) groups is 1. The van der Waals surface area contributed by atoms with Crippen LogP contribution in [0.3, 0.4) is 0 Å². The Hall–Kier alpha value is -2.78. The van der Waals surface area contributed by atoms with Crippen LogP contribution in [0.2, 0.25) is 0 Å². The molecule has 0 aliphatic rings. The van der Waals surface area contributed by atoms with Crippen LogP contribution in [0.25, 0.3) is 5.69 Å². The van der Waals surface area contributed by atoms with E-state index in [9.17, 15) is 0 Å². The molecule has 0 amide bonds. The Morgan fingerprint density at radius 2 is 1.87 bits per heavy atom. The molecule has 0 spiro atoms. The lowest BCUT2D eigenvalue weighted by Gasteiger charge is -2.07. The molecule has 5 nitrogen and oxygen atoms in total. The number of rotatable bonds is 5. The van der Waals surface area contributed by atoms with Crippen molar-refractivity contribution in [1.29, 1.82) is 5.26 Å². The lowest BCUT2D eigenvalue weighted by molar-refractivity contribution is 0.414. The van der Waals surface area contributed by atoms with Crippen LogP contribution >= 0.6 is 11.8 Å². The maximum Gasteiger partial charge on any atom is 0.195 e. The zero-order valence-electron chi connectivity index (χ0n) is 12.5. The van der Waals surface area contributed by atoms with Gasteiger partial charge < -0.3 is 4.74 Å². The molecule has 0 aliphatic heterocycles. The van der Waals surface area contributed by atoms with Gasteiger partial charge in [0.2, 0.25) is 0 Å². The molecule has 0 aliphatic carbocycles. The van der Waals surface area contributed by atoms with Crippen molar-refractivity contribution in [2.24, 2.45) is 0 Å². The normalized spacial score (nSPS) is 10.3. The monoisotopic (exact) mass is 322 g/mol. The third kappa shape index (κ3) is 3.52. The van der Waals surface area contributed by atoms with E-state index in [1.165, 1.54) is 0 Å². The molecule has 3 aromatic rings. The summed E-state index contributed by atoms with van der Waals surface area (Å²) in [7, 11) is 1.65. The molecule has 23 heavy (non-hydrogen) atoms. The van der Waals surface area contributed by atoms with Crippen LogP contribution in [0, 0.1) is 11.3 Å². The molecular formula is C17H14N4OS. The molecule has 0 atom stereocenters. The molecule has 0 bridgehead atoms. The zero-order valence-corrected chi connectivity index (χ0v) is 13.3. The summed E-state index contributed by atoms with van der Waals surface area (Å²) >= 11 is 1.60. The van der Waals surface area contributed by atoms with E-state index in [4.69, 9.17) is 10.00 Å². The predicted octanol–water partition coefficient (Wildman–Crippen LogP) is 3.44. The summed E-state index contributed by atoms with van der Waals surface area (Å²) in [4.78, 5) is 0. The van der Waals surface area contributed by atoms with Crippen molar-refractivity contribution in [3.8, 4) is 17.5 Å². The van der Waals surface area contributed by atoms with Gasteiger partial charge in [0, 0.05) is 11.4 Å². The molecule has 0 saturated heterocycles. The van der Waals surface area contributed by atoms with Gasteiger partial charge in [-0.1, -0.05) is 23.9 Å². The molecule has 0 radical (unpaired) electrons. The van der Waals surface area contributed by atoms with Gasteiger partial charge in [-0.05, 0) is 42.0 Å². The smallest absolute Gasteiger partial charge is 0.195 e. The number of nitriles is 1. The highest BCUT2D eigenvalue weighted by atomic mass is 32.2. The maximum atomic E-state index is 8.82. The van der Waals surface area contributed by atoms with Crippen molar-refractivity contribution in [3.63, 3.8) is 0 Å². The van der Waals surface area contributed by atoms with Gasteiger partial charge in [-0.3, -0.25) is 4.57 Å². The third-order valence-electron chi connectivity index (χ3n) is 3.32. The Labute approximate surface area is 138 Å². The number of nitrogens with zero attached hydrogens (tertiary/aromatic N) is 4. The topological polar surface area (TPSA) is 63.7 Å².